The molecule has 2 aromatic heterocycles. The number of hydrogen-bond donors (Lipinski definition) is 1. The molecule has 0 bridgehead atoms. The van der Waals surface area contributed by atoms with E-state index in [4.69, 9.17) is 4.52 Å². The Labute approximate surface area is 121 Å². The minimum absolute atomic E-state index is 0.104. The van der Waals surface area contributed by atoms with E-state index in [1.165, 1.54) is 0 Å². The summed E-state index contributed by atoms with van der Waals surface area (Å²) in [6, 6.07) is 5.30. The smallest absolute Gasteiger partial charge is 0.251 e. The number of carbonyl (C=O) groups excluding carboxylic acids is 1. The lowest BCUT2D eigenvalue weighted by atomic mass is 10.1. The van der Waals surface area contributed by atoms with Gasteiger partial charge in [0.15, 0.2) is 0 Å². The first-order chi connectivity index (χ1) is 10.3. The van der Waals surface area contributed by atoms with Crippen LogP contribution in [0.2, 0.25) is 0 Å². The predicted octanol–water partition coefficient (Wildman–Crippen LogP) is 1.98. The summed E-state index contributed by atoms with van der Waals surface area (Å²) >= 11 is 0. The molecule has 0 saturated heterocycles. The third-order valence-electron chi connectivity index (χ3n) is 3.14. The molecule has 0 aliphatic carbocycles. The van der Waals surface area contributed by atoms with E-state index in [1.807, 2.05) is 0 Å². The highest BCUT2D eigenvalue weighted by Gasteiger charge is 2.06. The minimum Gasteiger partial charge on any atom is -0.364 e. The lowest BCUT2D eigenvalue weighted by molar-refractivity contribution is 0.0953. The molecule has 1 aromatic carbocycles. The molecule has 3 rings (SSSR count). The number of benzene rings is 1. The number of rotatable bonds is 5. The Morgan fingerprint density at radius 2 is 2.05 bits per heavy atom. The molecule has 2 heterocycles. The maximum atomic E-state index is 12.1. The summed E-state index contributed by atoms with van der Waals surface area (Å²) in [6.07, 6.45) is 8.21. The first kappa shape index (κ1) is 13.2. The summed E-state index contributed by atoms with van der Waals surface area (Å²) in [5.41, 5.74) is 3.12. The molecule has 0 radical (unpaired) electrons. The second-order valence-corrected chi connectivity index (χ2v) is 4.65. The van der Waals surface area contributed by atoms with Gasteiger partial charge in [0, 0.05) is 30.1 Å². The molecule has 0 spiro atoms. The Morgan fingerprint density at radius 3 is 2.86 bits per heavy atom. The molecule has 1 N–H and O–H groups in total. The summed E-state index contributed by atoms with van der Waals surface area (Å²) in [6.45, 7) is 0.600. The molecule has 21 heavy (non-hydrogen) atoms. The number of nitrogens with zero attached hydrogens (tertiary/aromatic N) is 3. The minimum atomic E-state index is -0.104. The Bertz CT molecular complexity index is 740. The van der Waals surface area contributed by atoms with E-state index in [1.54, 1.807) is 43.1 Å². The number of carbonyl (C=O) groups is 1. The fourth-order valence-electron chi connectivity index (χ4n) is 2.05. The largest absolute Gasteiger partial charge is 0.364 e. The molecule has 106 valence electrons. The number of nitrogens with one attached hydrogen (secondary N) is 1. The highest BCUT2D eigenvalue weighted by Crippen LogP contribution is 2.10. The zero-order chi connectivity index (χ0) is 14.5. The maximum Gasteiger partial charge on any atom is 0.251 e. The number of fused-ring (bicyclic) bond motifs is 1. The van der Waals surface area contributed by atoms with Crippen LogP contribution in [0.15, 0.2) is 47.6 Å². The van der Waals surface area contributed by atoms with Crippen molar-refractivity contribution in [1.82, 2.24) is 20.4 Å². The fourth-order valence-corrected chi connectivity index (χ4v) is 2.05. The number of aryl methyl sites for hydroxylation is 1. The van der Waals surface area contributed by atoms with Crippen molar-refractivity contribution in [3.63, 3.8) is 0 Å². The summed E-state index contributed by atoms with van der Waals surface area (Å²) in [5.74, 6) is -0.104. The van der Waals surface area contributed by atoms with Crippen LogP contribution in [0.4, 0.5) is 0 Å². The lowest BCUT2D eigenvalue weighted by Crippen LogP contribution is -2.24. The Kier molecular flexibility index (Phi) is 3.86. The predicted molar refractivity (Wildman–Crippen MR) is 76.7 cm³/mol. The van der Waals surface area contributed by atoms with Gasteiger partial charge in [0.05, 0.1) is 17.2 Å². The number of hydrogen-bond acceptors (Lipinski definition) is 5. The lowest BCUT2D eigenvalue weighted by Gasteiger charge is -2.05. The van der Waals surface area contributed by atoms with E-state index >= 15 is 0 Å². The second-order valence-electron chi connectivity index (χ2n) is 4.65. The second kappa shape index (κ2) is 6.13. The van der Waals surface area contributed by atoms with Crippen molar-refractivity contribution in [1.29, 1.82) is 0 Å². The van der Waals surface area contributed by atoms with Gasteiger partial charge in [-0.05, 0) is 31.0 Å². The number of aromatic nitrogens is 3. The SMILES string of the molecule is O=C(NCCCc1cnoc1)c1ccc2nccnc2c1. The molecule has 6 heteroatoms. The van der Waals surface area contributed by atoms with Crippen molar-refractivity contribution in [2.24, 2.45) is 0 Å². The van der Waals surface area contributed by atoms with Crippen LogP contribution < -0.4 is 5.32 Å². The van der Waals surface area contributed by atoms with Crippen LogP contribution >= 0.6 is 0 Å². The number of amides is 1. The van der Waals surface area contributed by atoms with Crippen molar-refractivity contribution in [2.45, 2.75) is 12.8 Å². The average Bonchev–Trinajstić information content (AvgIpc) is 3.04. The van der Waals surface area contributed by atoms with Gasteiger partial charge in [-0.1, -0.05) is 5.16 Å². The van der Waals surface area contributed by atoms with E-state index in [2.05, 4.69) is 20.4 Å². The summed E-state index contributed by atoms with van der Waals surface area (Å²) in [4.78, 5) is 20.4. The van der Waals surface area contributed by atoms with Gasteiger partial charge >= 0.3 is 0 Å². The molecule has 0 fully saturated rings. The Morgan fingerprint density at radius 1 is 1.19 bits per heavy atom. The highest BCUT2D eigenvalue weighted by atomic mass is 16.5. The van der Waals surface area contributed by atoms with Crippen LogP contribution in [0.5, 0.6) is 0 Å². The Balaban J connectivity index is 1.56. The first-order valence-corrected chi connectivity index (χ1v) is 6.70. The molecule has 1 amide bonds. The highest BCUT2D eigenvalue weighted by molar-refractivity contribution is 5.97. The normalized spacial score (nSPS) is 10.7. The summed E-state index contributed by atoms with van der Waals surface area (Å²) in [5, 5.41) is 6.53. The molecule has 3 aromatic rings. The molecule has 0 atom stereocenters. The fraction of sp³-hybridized carbons (Fsp3) is 0.200. The Hall–Kier alpha value is -2.76. The molecule has 0 saturated carbocycles. The van der Waals surface area contributed by atoms with Crippen LogP contribution in [0.3, 0.4) is 0 Å². The van der Waals surface area contributed by atoms with Crippen LogP contribution in [0.1, 0.15) is 22.3 Å². The van der Waals surface area contributed by atoms with Crippen molar-refractivity contribution < 1.29 is 9.32 Å². The van der Waals surface area contributed by atoms with E-state index in [0.717, 1.165) is 29.4 Å². The van der Waals surface area contributed by atoms with Gasteiger partial charge in [0.25, 0.3) is 5.91 Å². The molecule has 0 aliphatic heterocycles. The molecule has 0 aliphatic rings. The first-order valence-electron chi connectivity index (χ1n) is 6.70. The maximum absolute atomic E-state index is 12.1. The van der Waals surface area contributed by atoms with E-state index in [-0.39, 0.29) is 5.91 Å². The quantitative estimate of drug-likeness (QED) is 0.724. The van der Waals surface area contributed by atoms with Crippen molar-refractivity contribution >= 4 is 16.9 Å². The van der Waals surface area contributed by atoms with Crippen LogP contribution in [0, 0.1) is 0 Å². The molecular formula is C15H14N4O2. The third kappa shape index (κ3) is 3.22. The van der Waals surface area contributed by atoms with Crippen LogP contribution in [-0.4, -0.2) is 27.6 Å². The van der Waals surface area contributed by atoms with Crippen molar-refractivity contribution in [2.75, 3.05) is 6.54 Å². The van der Waals surface area contributed by atoms with Gasteiger partial charge in [0.1, 0.15) is 6.26 Å². The standard InChI is InChI=1S/C15H14N4O2/c20-15(18-5-1-2-11-9-19-21-10-11)12-3-4-13-14(8-12)17-7-6-16-13/h3-4,6-10H,1-2,5H2,(H,18,20). The summed E-state index contributed by atoms with van der Waals surface area (Å²) in [7, 11) is 0. The van der Waals surface area contributed by atoms with Gasteiger partial charge in [-0.15, -0.1) is 0 Å². The van der Waals surface area contributed by atoms with Crippen LogP contribution in [-0.2, 0) is 6.42 Å². The van der Waals surface area contributed by atoms with E-state index in [0.29, 0.717) is 12.1 Å². The molecular weight excluding hydrogens is 268 g/mol. The monoisotopic (exact) mass is 282 g/mol. The third-order valence-corrected chi connectivity index (χ3v) is 3.14. The molecule has 6 nitrogen and oxygen atoms in total. The summed E-state index contributed by atoms with van der Waals surface area (Å²) < 4.78 is 4.75. The van der Waals surface area contributed by atoms with E-state index in [9.17, 15) is 4.79 Å². The van der Waals surface area contributed by atoms with Gasteiger partial charge in [-0.2, -0.15) is 0 Å². The van der Waals surface area contributed by atoms with E-state index < -0.39 is 0 Å². The van der Waals surface area contributed by atoms with Crippen molar-refractivity contribution in [3.8, 4) is 0 Å². The van der Waals surface area contributed by atoms with Crippen molar-refractivity contribution in [3.05, 3.63) is 54.2 Å². The zero-order valence-electron chi connectivity index (χ0n) is 11.3. The van der Waals surface area contributed by atoms with Gasteiger partial charge in [0.2, 0.25) is 0 Å². The molecule has 0 unspecified atom stereocenters. The zero-order valence-corrected chi connectivity index (χ0v) is 11.3. The average molecular weight is 282 g/mol. The van der Waals surface area contributed by atoms with Gasteiger partial charge < -0.3 is 9.84 Å². The van der Waals surface area contributed by atoms with Gasteiger partial charge in [-0.25, -0.2) is 0 Å². The van der Waals surface area contributed by atoms with Gasteiger partial charge in [-0.3, -0.25) is 14.8 Å². The van der Waals surface area contributed by atoms with Crippen LogP contribution in [0.25, 0.3) is 11.0 Å². The topological polar surface area (TPSA) is 80.9 Å².